The summed E-state index contributed by atoms with van der Waals surface area (Å²) >= 11 is 0. The van der Waals surface area contributed by atoms with Gasteiger partial charge in [0.25, 0.3) is 0 Å². The van der Waals surface area contributed by atoms with Crippen LogP contribution in [0, 0.1) is 11.7 Å². The zero-order valence-electron chi connectivity index (χ0n) is 12.1. The molecule has 20 heavy (non-hydrogen) atoms. The summed E-state index contributed by atoms with van der Waals surface area (Å²) in [5.74, 6) is -0.319. The third kappa shape index (κ3) is 5.82. The van der Waals surface area contributed by atoms with E-state index >= 15 is 0 Å². The van der Waals surface area contributed by atoms with E-state index in [0.29, 0.717) is 24.7 Å². The van der Waals surface area contributed by atoms with Gasteiger partial charge in [-0.05, 0) is 24.1 Å². The number of rotatable bonds is 6. The Morgan fingerprint density at radius 2 is 2.05 bits per heavy atom. The number of nitrogens with zero attached hydrogens (tertiary/aromatic N) is 1. The topological polar surface area (TPSA) is 49.4 Å². The monoisotopic (exact) mass is 280 g/mol. The van der Waals surface area contributed by atoms with Gasteiger partial charge in [-0.25, -0.2) is 4.39 Å². The van der Waals surface area contributed by atoms with Gasteiger partial charge >= 0.3 is 0 Å². The lowest BCUT2D eigenvalue weighted by atomic mass is 10.2. The number of amides is 2. The minimum atomic E-state index is -0.395. The molecule has 1 aromatic rings. The van der Waals surface area contributed by atoms with Crippen LogP contribution in [0.2, 0.25) is 0 Å². The van der Waals surface area contributed by atoms with Crippen molar-refractivity contribution >= 4 is 17.5 Å². The molecule has 0 aliphatic rings. The number of hydrogen-bond acceptors (Lipinski definition) is 2. The van der Waals surface area contributed by atoms with Gasteiger partial charge in [0.2, 0.25) is 11.8 Å². The number of halogens is 1. The third-order valence-electron chi connectivity index (χ3n) is 2.75. The summed E-state index contributed by atoms with van der Waals surface area (Å²) in [6, 6.07) is 5.73. The molecule has 0 aliphatic heterocycles. The second-order valence-corrected chi connectivity index (χ2v) is 5.17. The normalized spacial score (nSPS) is 10.4. The van der Waals surface area contributed by atoms with Crippen molar-refractivity contribution in [2.24, 2.45) is 5.92 Å². The predicted octanol–water partition coefficient (Wildman–Crippen LogP) is 2.66. The highest BCUT2D eigenvalue weighted by molar-refractivity contribution is 5.91. The van der Waals surface area contributed by atoms with Crippen molar-refractivity contribution < 1.29 is 14.0 Å². The summed E-state index contributed by atoms with van der Waals surface area (Å²) in [5.41, 5.74) is 0.424. The standard InChI is InChI=1S/C15H21FN2O2/c1-11(2)10-18(12(3)19)8-7-15(20)17-14-6-4-5-13(16)9-14/h4-6,9,11H,7-8,10H2,1-3H3,(H,17,20). The Kier molecular flexibility index (Phi) is 6.15. The molecule has 2 amide bonds. The number of anilines is 1. The molecule has 1 N–H and O–H groups in total. The number of hydrogen-bond donors (Lipinski definition) is 1. The lowest BCUT2D eigenvalue weighted by Crippen LogP contribution is -2.34. The Labute approximate surface area is 119 Å². The summed E-state index contributed by atoms with van der Waals surface area (Å²) in [5, 5.41) is 2.61. The Morgan fingerprint density at radius 3 is 2.60 bits per heavy atom. The molecule has 0 heterocycles. The molecule has 0 aromatic heterocycles. The SMILES string of the molecule is CC(=O)N(CCC(=O)Nc1cccc(F)c1)CC(C)C. The van der Waals surface area contributed by atoms with Crippen molar-refractivity contribution in [2.45, 2.75) is 27.2 Å². The summed E-state index contributed by atoms with van der Waals surface area (Å²) in [6.07, 6.45) is 0.197. The highest BCUT2D eigenvalue weighted by atomic mass is 19.1. The summed E-state index contributed by atoms with van der Waals surface area (Å²) in [4.78, 5) is 24.9. The first kappa shape index (κ1) is 16.1. The van der Waals surface area contributed by atoms with E-state index < -0.39 is 5.82 Å². The fraction of sp³-hybridized carbons (Fsp3) is 0.467. The fourth-order valence-corrected chi connectivity index (χ4v) is 1.84. The molecule has 0 aliphatic carbocycles. The maximum atomic E-state index is 13.0. The van der Waals surface area contributed by atoms with Gasteiger partial charge in [0.1, 0.15) is 5.82 Å². The highest BCUT2D eigenvalue weighted by Crippen LogP contribution is 2.09. The second-order valence-electron chi connectivity index (χ2n) is 5.17. The van der Waals surface area contributed by atoms with Gasteiger partial charge in [-0.15, -0.1) is 0 Å². The van der Waals surface area contributed by atoms with Crippen molar-refractivity contribution in [3.8, 4) is 0 Å². The van der Waals surface area contributed by atoms with Crippen LogP contribution in [0.3, 0.4) is 0 Å². The van der Waals surface area contributed by atoms with Crippen molar-refractivity contribution in [1.82, 2.24) is 4.90 Å². The van der Waals surface area contributed by atoms with Crippen molar-refractivity contribution in [1.29, 1.82) is 0 Å². The first-order valence-corrected chi connectivity index (χ1v) is 6.69. The van der Waals surface area contributed by atoms with Gasteiger partial charge in [0.05, 0.1) is 0 Å². The molecule has 1 aromatic carbocycles. The first-order chi connectivity index (χ1) is 9.38. The number of nitrogens with one attached hydrogen (secondary N) is 1. The smallest absolute Gasteiger partial charge is 0.226 e. The van der Waals surface area contributed by atoms with Crippen molar-refractivity contribution in [3.63, 3.8) is 0 Å². The summed E-state index contributed by atoms with van der Waals surface area (Å²) in [7, 11) is 0. The maximum Gasteiger partial charge on any atom is 0.226 e. The minimum absolute atomic E-state index is 0.0442. The zero-order chi connectivity index (χ0) is 15.1. The van der Waals surface area contributed by atoms with E-state index in [1.54, 1.807) is 11.0 Å². The molecule has 110 valence electrons. The summed E-state index contributed by atoms with van der Waals surface area (Å²) in [6.45, 7) is 6.52. The molecule has 1 rings (SSSR count). The maximum absolute atomic E-state index is 13.0. The fourth-order valence-electron chi connectivity index (χ4n) is 1.84. The molecule has 0 bridgehead atoms. The third-order valence-corrected chi connectivity index (χ3v) is 2.75. The van der Waals surface area contributed by atoms with E-state index in [2.05, 4.69) is 5.32 Å². The van der Waals surface area contributed by atoms with Crippen LogP contribution in [0.1, 0.15) is 27.2 Å². The molecule has 0 unspecified atom stereocenters. The van der Waals surface area contributed by atoms with Crippen molar-refractivity contribution in [2.75, 3.05) is 18.4 Å². The molecule has 4 nitrogen and oxygen atoms in total. The molecule has 0 spiro atoms. The predicted molar refractivity (Wildman–Crippen MR) is 76.7 cm³/mol. The second kappa shape index (κ2) is 7.62. The van der Waals surface area contributed by atoms with Crippen LogP contribution in [0.4, 0.5) is 10.1 Å². The average Bonchev–Trinajstić information content (AvgIpc) is 2.33. The molecular weight excluding hydrogens is 259 g/mol. The van der Waals surface area contributed by atoms with Gasteiger partial charge in [0, 0.05) is 32.1 Å². The summed E-state index contributed by atoms with van der Waals surface area (Å²) < 4.78 is 13.0. The van der Waals surface area contributed by atoms with E-state index in [1.807, 2.05) is 13.8 Å². The van der Waals surface area contributed by atoms with Crippen molar-refractivity contribution in [3.05, 3.63) is 30.1 Å². The minimum Gasteiger partial charge on any atom is -0.342 e. The van der Waals surface area contributed by atoms with E-state index in [9.17, 15) is 14.0 Å². The molecular formula is C15H21FN2O2. The van der Waals surface area contributed by atoms with Gasteiger partial charge < -0.3 is 10.2 Å². The van der Waals surface area contributed by atoms with Crippen LogP contribution < -0.4 is 5.32 Å². The van der Waals surface area contributed by atoms with Gasteiger partial charge in [-0.1, -0.05) is 19.9 Å². The molecule has 0 fully saturated rings. The van der Waals surface area contributed by atoms with E-state index in [0.717, 1.165) is 0 Å². The first-order valence-electron chi connectivity index (χ1n) is 6.69. The molecule has 0 atom stereocenters. The largest absolute Gasteiger partial charge is 0.342 e. The Hall–Kier alpha value is -1.91. The number of benzene rings is 1. The van der Waals surface area contributed by atoms with Crippen LogP contribution in [-0.4, -0.2) is 29.8 Å². The van der Waals surface area contributed by atoms with Crippen LogP contribution >= 0.6 is 0 Å². The number of carbonyl (C=O) groups excluding carboxylic acids is 2. The van der Waals surface area contributed by atoms with Gasteiger partial charge in [-0.3, -0.25) is 9.59 Å². The molecule has 0 radical (unpaired) electrons. The van der Waals surface area contributed by atoms with Gasteiger partial charge in [-0.2, -0.15) is 0 Å². The van der Waals surface area contributed by atoms with Crippen LogP contribution in [0.5, 0.6) is 0 Å². The van der Waals surface area contributed by atoms with Crippen LogP contribution in [-0.2, 0) is 9.59 Å². The quantitative estimate of drug-likeness (QED) is 0.871. The van der Waals surface area contributed by atoms with Crippen LogP contribution in [0.25, 0.3) is 0 Å². The average molecular weight is 280 g/mol. The molecule has 5 heteroatoms. The van der Waals surface area contributed by atoms with E-state index in [-0.39, 0.29) is 18.2 Å². The van der Waals surface area contributed by atoms with Gasteiger partial charge in [0.15, 0.2) is 0 Å². The van der Waals surface area contributed by atoms with E-state index in [4.69, 9.17) is 0 Å². The number of carbonyl (C=O) groups is 2. The molecule has 0 saturated carbocycles. The lowest BCUT2D eigenvalue weighted by molar-refractivity contribution is -0.129. The molecule has 0 saturated heterocycles. The highest BCUT2D eigenvalue weighted by Gasteiger charge is 2.12. The van der Waals surface area contributed by atoms with Crippen LogP contribution in [0.15, 0.2) is 24.3 Å². The Bertz CT molecular complexity index is 475. The zero-order valence-corrected chi connectivity index (χ0v) is 12.1. The Balaban J connectivity index is 2.47. The lowest BCUT2D eigenvalue weighted by Gasteiger charge is -2.22. The van der Waals surface area contributed by atoms with E-state index in [1.165, 1.54) is 25.1 Å². The Morgan fingerprint density at radius 1 is 1.35 bits per heavy atom.